The van der Waals surface area contributed by atoms with E-state index in [0.29, 0.717) is 0 Å². The van der Waals surface area contributed by atoms with Crippen molar-refractivity contribution in [1.82, 2.24) is 15.6 Å². The van der Waals surface area contributed by atoms with E-state index < -0.39 is 0 Å². The molecule has 0 spiro atoms. The van der Waals surface area contributed by atoms with E-state index in [1.807, 2.05) is 12.4 Å². The zero-order valence-electron chi connectivity index (χ0n) is 11.3. The predicted molar refractivity (Wildman–Crippen MR) is 73.2 cm³/mol. The van der Waals surface area contributed by atoms with Crippen LogP contribution in [0.2, 0.25) is 0 Å². The van der Waals surface area contributed by atoms with E-state index in [9.17, 15) is 0 Å². The zero-order chi connectivity index (χ0) is 12.6. The highest BCUT2D eigenvalue weighted by molar-refractivity contribution is 5.09. The van der Waals surface area contributed by atoms with E-state index in [2.05, 4.69) is 48.5 Å². The van der Waals surface area contributed by atoms with Gasteiger partial charge in [-0.15, -0.1) is 0 Å². The van der Waals surface area contributed by atoms with E-state index >= 15 is 0 Å². The summed E-state index contributed by atoms with van der Waals surface area (Å²) in [6.45, 7) is 9.71. The Morgan fingerprint density at radius 1 is 1.06 bits per heavy atom. The van der Waals surface area contributed by atoms with E-state index in [1.54, 1.807) is 0 Å². The molecule has 0 amide bonds. The predicted octanol–water partition coefficient (Wildman–Crippen LogP) is 1.99. The summed E-state index contributed by atoms with van der Waals surface area (Å²) in [6.07, 6.45) is 6.02. The van der Waals surface area contributed by atoms with Gasteiger partial charge in [0.25, 0.3) is 0 Å². The zero-order valence-corrected chi connectivity index (χ0v) is 11.3. The van der Waals surface area contributed by atoms with Crippen molar-refractivity contribution >= 4 is 0 Å². The Morgan fingerprint density at radius 3 is 2.41 bits per heavy atom. The molecular weight excluding hydrogens is 210 g/mol. The average Bonchev–Trinajstić information content (AvgIpc) is 2.28. The molecule has 3 nitrogen and oxygen atoms in total. The first-order valence-corrected chi connectivity index (χ1v) is 6.42. The third-order valence-electron chi connectivity index (χ3n) is 2.53. The van der Waals surface area contributed by atoms with Gasteiger partial charge in [-0.3, -0.25) is 4.98 Å². The van der Waals surface area contributed by atoms with E-state index in [1.165, 1.54) is 12.0 Å². The molecule has 0 aliphatic heterocycles. The Morgan fingerprint density at radius 2 is 1.76 bits per heavy atom. The number of aromatic nitrogens is 1. The van der Waals surface area contributed by atoms with Crippen LogP contribution in [-0.4, -0.2) is 30.2 Å². The normalized spacial score (nSPS) is 11.7. The number of nitrogens with zero attached hydrogens (tertiary/aromatic N) is 1. The number of rotatable bonds is 7. The molecule has 0 aliphatic carbocycles. The van der Waals surface area contributed by atoms with Crippen LogP contribution in [-0.2, 0) is 6.42 Å². The summed E-state index contributed by atoms with van der Waals surface area (Å²) < 4.78 is 0. The Bertz CT molecular complexity index is 290. The van der Waals surface area contributed by atoms with Crippen molar-refractivity contribution in [3.63, 3.8) is 0 Å². The van der Waals surface area contributed by atoms with Crippen molar-refractivity contribution in [3.8, 4) is 0 Å². The third kappa shape index (κ3) is 7.88. The first-order valence-electron chi connectivity index (χ1n) is 6.42. The second-order valence-electron chi connectivity index (χ2n) is 5.39. The molecule has 1 aromatic heterocycles. The van der Waals surface area contributed by atoms with Gasteiger partial charge >= 0.3 is 0 Å². The lowest BCUT2D eigenvalue weighted by Gasteiger charge is -2.20. The lowest BCUT2D eigenvalue weighted by Crippen LogP contribution is -2.40. The number of aryl methyl sites for hydroxylation is 1. The quantitative estimate of drug-likeness (QED) is 0.710. The van der Waals surface area contributed by atoms with E-state index in [0.717, 1.165) is 26.1 Å². The molecular formula is C14H25N3. The topological polar surface area (TPSA) is 37.0 Å². The van der Waals surface area contributed by atoms with Crippen LogP contribution >= 0.6 is 0 Å². The standard InChI is InChI=1S/C14H25N3/c1-14(2,3)17-12-11-15-8-4-5-13-6-9-16-10-7-13/h6-7,9-10,15,17H,4-5,8,11-12H2,1-3H3. The lowest BCUT2D eigenvalue weighted by atomic mass is 10.1. The van der Waals surface area contributed by atoms with Gasteiger partial charge in [0.2, 0.25) is 0 Å². The van der Waals surface area contributed by atoms with Crippen molar-refractivity contribution in [2.24, 2.45) is 0 Å². The number of nitrogens with one attached hydrogen (secondary N) is 2. The van der Waals surface area contributed by atoms with Crippen LogP contribution in [0.1, 0.15) is 32.8 Å². The molecule has 0 radical (unpaired) electrons. The van der Waals surface area contributed by atoms with Crippen LogP contribution in [0.15, 0.2) is 24.5 Å². The summed E-state index contributed by atoms with van der Waals surface area (Å²) in [5, 5.41) is 6.91. The maximum absolute atomic E-state index is 4.01. The second-order valence-corrected chi connectivity index (χ2v) is 5.39. The van der Waals surface area contributed by atoms with Crippen molar-refractivity contribution in [1.29, 1.82) is 0 Å². The summed E-state index contributed by atoms with van der Waals surface area (Å²) in [5.41, 5.74) is 1.59. The smallest absolute Gasteiger partial charge is 0.0270 e. The van der Waals surface area contributed by atoms with Gasteiger partial charge in [-0.05, 0) is 57.9 Å². The summed E-state index contributed by atoms with van der Waals surface area (Å²) >= 11 is 0. The van der Waals surface area contributed by atoms with E-state index in [-0.39, 0.29) is 5.54 Å². The average molecular weight is 235 g/mol. The minimum absolute atomic E-state index is 0.221. The Labute approximate surface area is 105 Å². The molecule has 2 N–H and O–H groups in total. The Kier molecular flexibility index (Phi) is 6.16. The summed E-state index contributed by atoms with van der Waals surface area (Å²) in [5.74, 6) is 0. The highest BCUT2D eigenvalue weighted by Crippen LogP contribution is 1.99. The van der Waals surface area contributed by atoms with Crippen molar-refractivity contribution in [2.75, 3.05) is 19.6 Å². The molecule has 0 aromatic carbocycles. The minimum Gasteiger partial charge on any atom is -0.315 e. The molecule has 1 aromatic rings. The SMILES string of the molecule is CC(C)(C)NCCNCCCc1ccncc1. The number of hydrogen-bond acceptors (Lipinski definition) is 3. The van der Waals surface area contributed by atoms with Gasteiger partial charge in [-0.25, -0.2) is 0 Å². The molecule has 3 heteroatoms. The fourth-order valence-corrected chi connectivity index (χ4v) is 1.62. The van der Waals surface area contributed by atoms with Gasteiger partial charge in [0.05, 0.1) is 0 Å². The van der Waals surface area contributed by atoms with Gasteiger partial charge in [0, 0.05) is 31.0 Å². The summed E-state index contributed by atoms with van der Waals surface area (Å²) in [6, 6.07) is 4.17. The number of hydrogen-bond donors (Lipinski definition) is 2. The molecule has 0 fully saturated rings. The molecule has 96 valence electrons. The van der Waals surface area contributed by atoms with E-state index in [4.69, 9.17) is 0 Å². The lowest BCUT2D eigenvalue weighted by molar-refractivity contribution is 0.421. The van der Waals surface area contributed by atoms with Crippen LogP contribution in [0, 0.1) is 0 Å². The first kappa shape index (κ1) is 14.1. The molecule has 0 aliphatic rings. The summed E-state index contributed by atoms with van der Waals surface area (Å²) in [4.78, 5) is 4.01. The highest BCUT2D eigenvalue weighted by Gasteiger charge is 2.06. The fourth-order valence-electron chi connectivity index (χ4n) is 1.62. The van der Waals surface area contributed by atoms with Crippen LogP contribution in [0.5, 0.6) is 0 Å². The second kappa shape index (κ2) is 7.41. The van der Waals surface area contributed by atoms with Crippen LogP contribution in [0.3, 0.4) is 0 Å². The van der Waals surface area contributed by atoms with Crippen LogP contribution in [0.4, 0.5) is 0 Å². The van der Waals surface area contributed by atoms with Gasteiger partial charge in [0.15, 0.2) is 0 Å². The van der Waals surface area contributed by atoms with Crippen molar-refractivity contribution in [3.05, 3.63) is 30.1 Å². The third-order valence-corrected chi connectivity index (χ3v) is 2.53. The largest absolute Gasteiger partial charge is 0.315 e. The van der Waals surface area contributed by atoms with Crippen molar-refractivity contribution in [2.45, 2.75) is 39.2 Å². The highest BCUT2D eigenvalue weighted by atomic mass is 15.0. The molecule has 0 saturated heterocycles. The maximum Gasteiger partial charge on any atom is 0.0270 e. The number of pyridine rings is 1. The van der Waals surface area contributed by atoms with Crippen LogP contribution < -0.4 is 10.6 Å². The fraction of sp³-hybridized carbons (Fsp3) is 0.643. The molecule has 1 heterocycles. The Hall–Kier alpha value is -0.930. The van der Waals surface area contributed by atoms with Gasteiger partial charge in [-0.1, -0.05) is 0 Å². The molecule has 17 heavy (non-hydrogen) atoms. The van der Waals surface area contributed by atoms with Crippen molar-refractivity contribution < 1.29 is 0 Å². The van der Waals surface area contributed by atoms with Gasteiger partial charge in [-0.2, -0.15) is 0 Å². The summed E-state index contributed by atoms with van der Waals surface area (Å²) in [7, 11) is 0. The molecule has 0 unspecified atom stereocenters. The molecule has 1 rings (SSSR count). The molecule has 0 bridgehead atoms. The van der Waals surface area contributed by atoms with Crippen LogP contribution in [0.25, 0.3) is 0 Å². The minimum atomic E-state index is 0.221. The van der Waals surface area contributed by atoms with Gasteiger partial charge < -0.3 is 10.6 Å². The monoisotopic (exact) mass is 235 g/mol. The molecule has 0 atom stereocenters. The maximum atomic E-state index is 4.01. The molecule has 0 saturated carbocycles. The van der Waals surface area contributed by atoms with Gasteiger partial charge in [0.1, 0.15) is 0 Å². The first-order chi connectivity index (χ1) is 8.08. The Balaban J connectivity index is 1.95.